The zero-order valence-electron chi connectivity index (χ0n) is 9.25. The molecule has 17 heavy (non-hydrogen) atoms. The molecule has 0 saturated heterocycles. The average Bonchev–Trinajstić information content (AvgIpc) is 2.38. The lowest BCUT2D eigenvalue weighted by molar-refractivity contribution is 1.54. The third kappa shape index (κ3) is 3.89. The fraction of sp³-hybridized carbons (Fsp3) is 0. The Hall–Kier alpha value is -1.86. The minimum Gasteiger partial charge on any atom is -0.257 e. The van der Waals surface area contributed by atoms with E-state index in [9.17, 15) is 0 Å². The fourth-order valence-corrected chi connectivity index (χ4v) is 1.50. The van der Waals surface area contributed by atoms with E-state index in [1.54, 1.807) is 6.21 Å². The number of halogens is 1. The SMILES string of the molecule is Clc1ccc(N=C/C=C/c2ccccc2)cc1. The predicted molar refractivity (Wildman–Crippen MR) is 75.1 cm³/mol. The lowest BCUT2D eigenvalue weighted by atomic mass is 10.2. The van der Waals surface area contributed by atoms with Gasteiger partial charge in [0.15, 0.2) is 0 Å². The summed E-state index contributed by atoms with van der Waals surface area (Å²) in [5.74, 6) is 0. The van der Waals surface area contributed by atoms with Gasteiger partial charge in [-0.2, -0.15) is 0 Å². The Labute approximate surface area is 106 Å². The second-order valence-electron chi connectivity index (χ2n) is 3.52. The highest BCUT2D eigenvalue weighted by Crippen LogP contribution is 2.15. The maximum Gasteiger partial charge on any atom is 0.0630 e. The Bertz CT molecular complexity index is 512. The summed E-state index contributed by atoms with van der Waals surface area (Å²) in [6.45, 7) is 0. The topological polar surface area (TPSA) is 12.4 Å². The lowest BCUT2D eigenvalue weighted by Gasteiger charge is -1.92. The van der Waals surface area contributed by atoms with Gasteiger partial charge in [0.1, 0.15) is 0 Å². The van der Waals surface area contributed by atoms with Crippen molar-refractivity contribution < 1.29 is 0 Å². The van der Waals surface area contributed by atoms with E-state index in [-0.39, 0.29) is 0 Å². The van der Waals surface area contributed by atoms with Crippen LogP contribution >= 0.6 is 11.6 Å². The molecule has 0 aromatic heterocycles. The fourth-order valence-electron chi connectivity index (χ4n) is 1.37. The van der Waals surface area contributed by atoms with Crippen LogP contribution in [-0.2, 0) is 0 Å². The molecular weight excluding hydrogens is 230 g/mol. The summed E-state index contributed by atoms with van der Waals surface area (Å²) in [6, 6.07) is 17.5. The summed E-state index contributed by atoms with van der Waals surface area (Å²) < 4.78 is 0. The highest BCUT2D eigenvalue weighted by Gasteiger charge is 1.87. The molecule has 0 bridgehead atoms. The molecule has 0 heterocycles. The van der Waals surface area contributed by atoms with Crippen LogP contribution in [0.3, 0.4) is 0 Å². The van der Waals surface area contributed by atoms with Crippen molar-refractivity contribution in [1.82, 2.24) is 0 Å². The van der Waals surface area contributed by atoms with Crippen molar-refractivity contribution in [2.45, 2.75) is 0 Å². The van der Waals surface area contributed by atoms with Gasteiger partial charge in [-0.1, -0.05) is 48.0 Å². The van der Waals surface area contributed by atoms with Crippen LogP contribution in [-0.4, -0.2) is 6.21 Å². The number of allylic oxidation sites excluding steroid dienone is 1. The molecule has 0 unspecified atom stereocenters. The van der Waals surface area contributed by atoms with E-state index < -0.39 is 0 Å². The van der Waals surface area contributed by atoms with E-state index in [2.05, 4.69) is 4.99 Å². The lowest BCUT2D eigenvalue weighted by Crippen LogP contribution is -1.70. The first-order valence-electron chi connectivity index (χ1n) is 5.36. The molecule has 0 spiro atoms. The molecule has 2 aromatic rings. The normalized spacial score (nSPS) is 11.4. The van der Waals surface area contributed by atoms with Crippen molar-refractivity contribution in [1.29, 1.82) is 0 Å². The Kier molecular flexibility index (Phi) is 4.11. The standard InChI is InChI=1S/C15H12ClN/c16-14-8-10-15(11-9-14)17-12-4-7-13-5-2-1-3-6-13/h1-12H/b7-4+,17-12?. The molecule has 84 valence electrons. The van der Waals surface area contributed by atoms with Crippen molar-refractivity contribution in [3.8, 4) is 0 Å². The van der Waals surface area contributed by atoms with Crippen LogP contribution in [0.25, 0.3) is 6.08 Å². The molecule has 0 radical (unpaired) electrons. The molecular formula is C15H12ClN. The van der Waals surface area contributed by atoms with Gasteiger partial charge in [0, 0.05) is 11.2 Å². The quantitative estimate of drug-likeness (QED) is 0.688. The number of rotatable bonds is 3. The van der Waals surface area contributed by atoms with E-state index in [1.165, 1.54) is 0 Å². The number of hydrogen-bond acceptors (Lipinski definition) is 1. The molecule has 0 saturated carbocycles. The molecule has 0 aliphatic carbocycles. The van der Waals surface area contributed by atoms with Crippen LogP contribution in [0, 0.1) is 0 Å². The van der Waals surface area contributed by atoms with Gasteiger partial charge in [-0.25, -0.2) is 0 Å². The first-order chi connectivity index (χ1) is 8.34. The highest BCUT2D eigenvalue weighted by atomic mass is 35.5. The smallest absolute Gasteiger partial charge is 0.0630 e. The first kappa shape index (κ1) is 11.6. The Morgan fingerprint density at radius 2 is 1.59 bits per heavy atom. The van der Waals surface area contributed by atoms with Gasteiger partial charge >= 0.3 is 0 Å². The summed E-state index contributed by atoms with van der Waals surface area (Å²) in [7, 11) is 0. The monoisotopic (exact) mass is 241 g/mol. The highest BCUT2D eigenvalue weighted by molar-refractivity contribution is 6.30. The van der Waals surface area contributed by atoms with E-state index in [1.807, 2.05) is 66.7 Å². The third-order valence-corrected chi connectivity index (χ3v) is 2.48. The molecule has 2 aromatic carbocycles. The van der Waals surface area contributed by atoms with E-state index in [4.69, 9.17) is 11.6 Å². The summed E-state index contributed by atoms with van der Waals surface area (Å²) in [4.78, 5) is 4.29. The van der Waals surface area contributed by atoms with E-state index >= 15 is 0 Å². The minimum atomic E-state index is 0.726. The Morgan fingerprint density at radius 3 is 2.29 bits per heavy atom. The van der Waals surface area contributed by atoms with Gasteiger partial charge in [0.25, 0.3) is 0 Å². The molecule has 0 N–H and O–H groups in total. The molecule has 2 heteroatoms. The van der Waals surface area contributed by atoms with Gasteiger partial charge in [0.05, 0.1) is 5.69 Å². The summed E-state index contributed by atoms with van der Waals surface area (Å²) in [5.41, 5.74) is 2.06. The van der Waals surface area contributed by atoms with Crippen LogP contribution in [0.5, 0.6) is 0 Å². The van der Waals surface area contributed by atoms with Crippen molar-refractivity contribution in [2.24, 2.45) is 4.99 Å². The molecule has 0 aliphatic rings. The molecule has 0 aliphatic heterocycles. The van der Waals surface area contributed by atoms with Crippen LogP contribution in [0.2, 0.25) is 5.02 Å². The van der Waals surface area contributed by atoms with Gasteiger partial charge in [-0.15, -0.1) is 0 Å². The van der Waals surface area contributed by atoms with Crippen molar-refractivity contribution in [3.05, 3.63) is 71.3 Å². The zero-order valence-corrected chi connectivity index (χ0v) is 10.0. The number of nitrogens with zero attached hydrogens (tertiary/aromatic N) is 1. The predicted octanol–water partition coefficient (Wildman–Crippen LogP) is 4.76. The van der Waals surface area contributed by atoms with Crippen LogP contribution in [0.1, 0.15) is 5.56 Å². The van der Waals surface area contributed by atoms with E-state index in [0.29, 0.717) is 0 Å². The van der Waals surface area contributed by atoms with Gasteiger partial charge < -0.3 is 0 Å². The zero-order chi connectivity index (χ0) is 11.9. The molecule has 0 amide bonds. The first-order valence-corrected chi connectivity index (χ1v) is 5.74. The second kappa shape index (κ2) is 6.02. The maximum absolute atomic E-state index is 5.79. The van der Waals surface area contributed by atoms with Crippen LogP contribution < -0.4 is 0 Å². The summed E-state index contributed by atoms with van der Waals surface area (Å²) in [5, 5.41) is 0.726. The molecule has 0 atom stereocenters. The van der Waals surface area contributed by atoms with Gasteiger partial charge in [0.2, 0.25) is 0 Å². The van der Waals surface area contributed by atoms with Crippen LogP contribution in [0.4, 0.5) is 5.69 Å². The summed E-state index contributed by atoms with van der Waals surface area (Å²) >= 11 is 5.79. The van der Waals surface area contributed by atoms with Gasteiger partial charge in [-0.05, 0) is 35.9 Å². The molecule has 2 rings (SSSR count). The number of benzene rings is 2. The van der Waals surface area contributed by atoms with Crippen molar-refractivity contribution in [2.75, 3.05) is 0 Å². The number of aliphatic imine (C=N–C) groups is 1. The average molecular weight is 242 g/mol. The van der Waals surface area contributed by atoms with Crippen molar-refractivity contribution in [3.63, 3.8) is 0 Å². The maximum atomic E-state index is 5.79. The van der Waals surface area contributed by atoms with E-state index in [0.717, 1.165) is 16.3 Å². The number of hydrogen-bond donors (Lipinski definition) is 0. The minimum absolute atomic E-state index is 0.726. The molecule has 1 nitrogen and oxygen atoms in total. The Morgan fingerprint density at radius 1 is 0.882 bits per heavy atom. The van der Waals surface area contributed by atoms with Crippen molar-refractivity contribution >= 4 is 29.6 Å². The third-order valence-electron chi connectivity index (χ3n) is 2.22. The Balaban J connectivity index is 1.98. The second-order valence-corrected chi connectivity index (χ2v) is 3.96. The van der Waals surface area contributed by atoms with Crippen LogP contribution in [0.15, 0.2) is 65.7 Å². The van der Waals surface area contributed by atoms with Gasteiger partial charge in [-0.3, -0.25) is 4.99 Å². The summed E-state index contributed by atoms with van der Waals surface area (Å²) in [6.07, 6.45) is 5.71. The molecule has 0 fully saturated rings. The largest absolute Gasteiger partial charge is 0.257 e.